The van der Waals surface area contributed by atoms with Gasteiger partial charge in [0.05, 0.1) is 6.61 Å². The molecule has 1 unspecified atom stereocenters. The zero-order valence-corrected chi connectivity index (χ0v) is 10.5. The van der Waals surface area contributed by atoms with Crippen molar-refractivity contribution in [3.05, 3.63) is 29.8 Å². The van der Waals surface area contributed by atoms with E-state index in [1.54, 1.807) is 6.92 Å². The second-order valence-corrected chi connectivity index (χ2v) is 4.27. The van der Waals surface area contributed by atoms with Gasteiger partial charge in [0.15, 0.2) is 5.54 Å². The summed E-state index contributed by atoms with van der Waals surface area (Å²) in [5, 5.41) is 12.3. The quantitative estimate of drug-likeness (QED) is 0.797. The van der Waals surface area contributed by atoms with Crippen LogP contribution in [0.4, 0.5) is 5.69 Å². The minimum atomic E-state index is -1.11. The Balaban J connectivity index is 2.83. The molecule has 94 valence electrons. The van der Waals surface area contributed by atoms with Crippen LogP contribution in [0.3, 0.4) is 0 Å². The van der Waals surface area contributed by atoms with Crippen molar-refractivity contribution in [3.8, 4) is 0 Å². The van der Waals surface area contributed by atoms with Gasteiger partial charge in [0.2, 0.25) is 0 Å². The maximum atomic E-state index is 11.3. The third-order valence-corrected chi connectivity index (χ3v) is 2.51. The van der Waals surface area contributed by atoms with Crippen molar-refractivity contribution in [2.75, 3.05) is 18.5 Å². The van der Waals surface area contributed by atoms with Crippen molar-refractivity contribution in [1.29, 1.82) is 0 Å². The van der Waals surface area contributed by atoms with Crippen molar-refractivity contribution >= 4 is 11.7 Å². The second kappa shape index (κ2) is 5.68. The van der Waals surface area contributed by atoms with E-state index < -0.39 is 11.5 Å². The van der Waals surface area contributed by atoms with E-state index in [1.807, 2.05) is 38.1 Å². The molecule has 1 aromatic carbocycles. The fourth-order valence-corrected chi connectivity index (χ4v) is 1.50. The smallest absolute Gasteiger partial charge is 0.331 e. The number of carboxylic acids is 1. The molecule has 0 bridgehead atoms. The lowest BCUT2D eigenvalue weighted by Crippen LogP contribution is -2.47. The van der Waals surface area contributed by atoms with Gasteiger partial charge in [-0.15, -0.1) is 0 Å². The van der Waals surface area contributed by atoms with Crippen molar-refractivity contribution in [2.24, 2.45) is 0 Å². The summed E-state index contributed by atoms with van der Waals surface area (Å²) in [5.74, 6) is -0.924. The summed E-state index contributed by atoms with van der Waals surface area (Å²) >= 11 is 0. The molecule has 0 aliphatic carbocycles. The first-order valence-corrected chi connectivity index (χ1v) is 5.64. The van der Waals surface area contributed by atoms with Crippen molar-refractivity contribution in [1.82, 2.24) is 0 Å². The molecule has 0 fully saturated rings. The molecule has 0 radical (unpaired) electrons. The molecule has 0 saturated heterocycles. The number of hydrogen-bond donors (Lipinski definition) is 2. The summed E-state index contributed by atoms with van der Waals surface area (Å²) < 4.78 is 5.22. The highest BCUT2D eigenvalue weighted by atomic mass is 16.5. The van der Waals surface area contributed by atoms with E-state index in [4.69, 9.17) is 4.74 Å². The highest BCUT2D eigenvalue weighted by Gasteiger charge is 2.33. The van der Waals surface area contributed by atoms with Gasteiger partial charge in [0.25, 0.3) is 0 Å². The van der Waals surface area contributed by atoms with E-state index >= 15 is 0 Å². The maximum absolute atomic E-state index is 11.3. The van der Waals surface area contributed by atoms with Crippen molar-refractivity contribution in [2.45, 2.75) is 26.3 Å². The molecular formula is C13H19NO3. The molecule has 4 nitrogen and oxygen atoms in total. The molecule has 2 N–H and O–H groups in total. The number of aryl methyl sites for hydroxylation is 1. The Kier molecular flexibility index (Phi) is 4.52. The number of carboxylic acid groups (broad SMARTS) is 1. The van der Waals surface area contributed by atoms with Gasteiger partial charge in [0, 0.05) is 12.3 Å². The Hall–Kier alpha value is -1.55. The van der Waals surface area contributed by atoms with Crippen molar-refractivity contribution in [3.63, 3.8) is 0 Å². The normalized spacial score (nSPS) is 14.1. The summed E-state index contributed by atoms with van der Waals surface area (Å²) in [7, 11) is 0. The molecule has 0 saturated carbocycles. The molecule has 0 amide bonds. The number of benzene rings is 1. The Morgan fingerprint density at radius 3 is 2.76 bits per heavy atom. The number of anilines is 1. The Morgan fingerprint density at radius 2 is 2.24 bits per heavy atom. The lowest BCUT2D eigenvalue weighted by Gasteiger charge is -2.27. The SMILES string of the molecule is CCOCC(C)(Nc1cccc(C)c1)C(=O)O. The predicted molar refractivity (Wildman–Crippen MR) is 67.3 cm³/mol. The number of carbonyl (C=O) groups is 1. The van der Waals surface area contributed by atoms with Gasteiger partial charge >= 0.3 is 5.97 Å². The highest BCUT2D eigenvalue weighted by molar-refractivity contribution is 5.82. The van der Waals surface area contributed by atoms with Crippen LogP contribution in [0.2, 0.25) is 0 Å². The van der Waals surface area contributed by atoms with Crippen LogP contribution in [0.25, 0.3) is 0 Å². The van der Waals surface area contributed by atoms with Gasteiger partial charge < -0.3 is 15.2 Å². The van der Waals surface area contributed by atoms with Gasteiger partial charge in [-0.3, -0.25) is 0 Å². The summed E-state index contributed by atoms with van der Waals surface area (Å²) in [6.07, 6.45) is 0. The average Bonchev–Trinajstić information content (AvgIpc) is 2.26. The zero-order valence-electron chi connectivity index (χ0n) is 10.5. The van der Waals surface area contributed by atoms with Gasteiger partial charge in [-0.25, -0.2) is 4.79 Å². The number of nitrogens with one attached hydrogen (secondary N) is 1. The van der Waals surface area contributed by atoms with Crippen LogP contribution in [-0.2, 0) is 9.53 Å². The fourth-order valence-electron chi connectivity index (χ4n) is 1.50. The van der Waals surface area contributed by atoms with Crippen LogP contribution in [0.5, 0.6) is 0 Å². The topological polar surface area (TPSA) is 58.6 Å². The Bertz CT molecular complexity index is 392. The minimum Gasteiger partial charge on any atom is -0.479 e. The number of hydrogen-bond acceptors (Lipinski definition) is 3. The molecule has 17 heavy (non-hydrogen) atoms. The standard InChI is InChI=1S/C13H19NO3/c1-4-17-9-13(3,12(15)16)14-11-7-5-6-10(2)8-11/h5-8,14H,4,9H2,1-3H3,(H,15,16). The van der Waals surface area contributed by atoms with Gasteiger partial charge in [-0.05, 0) is 38.5 Å². The largest absolute Gasteiger partial charge is 0.479 e. The molecule has 0 heterocycles. The first kappa shape index (κ1) is 13.5. The minimum absolute atomic E-state index is 0.132. The Labute approximate surface area is 102 Å². The molecule has 4 heteroatoms. The first-order valence-electron chi connectivity index (χ1n) is 5.64. The Morgan fingerprint density at radius 1 is 1.53 bits per heavy atom. The molecular weight excluding hydrogens is 218 g/mol. The molecule has 1 aromatic rings. The zero-order chi connectivity index (χ0) is 12.9. The van der Waals surface area contributed by atoms with E-state index in [1.165, 1.54) is 0 Å². The highest BCUT2D eigenvalue weighted by Crippen LogP contribution is 2.17. The van der Waals surface area contributed by atoms with E-state index in [9.17, 15) is 9.90 Å². The van der Waals surface area contributed by atoms with Gasteiger partial charge in [0.1, 0.15) is 0 Å². The second-order valence-electron chi connectivity index (χ2n) is 4.27. The average molecular weight is 237 g/mol. The molecule has 0 aliphatic rings. The molecule has 0 aromatic heterocycles. The number of ether oxygens (including phenoxy) is 1. The van der Waals surface area contributed by atoms with Crippen LogP contribution in [0.15, 0.2) is 24.3 Å². The summed E-state index contributed by atoms with van der Waals surface area (Å²) in [6.45, 7) is 6.05. The summed E-state index contributed by atoms with van der Waals surface area (Å²) in [4.78, 5) is 11.3. The lowest BCUT2D eigenvalue weighted by atomic mass is 10.0. The summed E-state index contributed by atoms with van der Waals surface area (Å²) in [5.41, 5.74) is 0.762. The maximum Gasteiger partial charge on any atom is 0.331 e. The van der Waals surface area contributed by atoms with E-state index in [2.05, 4.69) is 5.32 Å². The molecule has 1 atom stereocenters. The molecule has 0 aliphatic heterocycles. The van der Waals surface area contributed by atoms with Crippen LogP contribution >= 0.6 is 0 Å². The number of aliphatic carboxylic acids is 1. The van der Waals surface area contributed by atoms with Gasteiger partial charge in [-0.1, -0.05) is 12.1 Å². The van der Waals surface area contributed by atoms with Crippen LogP contribution in [0, 0.1) is 6.92 Å². The fraction of sp³-hybridized carbons (Fsp3) is 0.462. The van der Waals surface area contributed by atoms with Crippen LogP contribution < -0.4 is 5.32 Å². The monoisotopic (exact) mass is 237 g/mol. The predicted octanol–water partition coefficient (Wildman–Crippen LogP) is 2.29. The van der Waals surface area contributed by atoms with E-state index in [0.717, 1.165) is 11.3 Å². The summed E-state index contributed by atoms with van der Waals surface area (Å²) in [6, 6.07) is 7.61. The van der Waals surface area contributed by atoms with Crippen LogP contribution in [-0.4, -0.2) is 29.8 Å². The number of rotatable bonds is 6. The van der Waals surface area contributed by atoms with Gasteiger partial charge in [-0.2, -0.15) is 0 Å². The third kappa shape index (κ3) is 3.75. The first-order chi connectivity index (χ1) is 7.98. The molecule has 0 spiro atoms. The molecule has 1 rings (SSSR count). The third-order valence-electron chi connectivity index (χ3n) is 2.51. The van der Waals surface area contributed by atoms with Crippen LogP contribution in [0.1, 0.15) is 19.4 Å². The van der Waals surface area contributed by atoms with E-state index in [-0.39, 0.29) is 6.61 Å². The van der Waals surface area contributed by atoms with E-state index in [0.29, 0.717) is 6.61 Å². The van der Waals surface area contributed by atoms with Crippen molar-refractivity contribution < 1.29 is 14.6 Å². The lowest BCUT2D eigenvalue weighted by molar-refractivity contribution is -0.143.